The Bertz CT molecular complexity index is 1430. The van der Waals surface area contributed by atoms with Crippen LogP contribution < -0.4 is 16.6 Å². The molecule has 2 aromatic heterocycles. The van der Waals surface area contributed by atoms with E-state index in [1.807, 2.05) is 50.2 Å². The molecule has 0 fully saturated rings. The molecule has 0 saturated heterocycles. The number of aromatic nitrogens is 2. The van der Waals surface area contributed by atoms with Crippen LogP contribution in [0.2, 0.25) is 5.02 Å². The first-order chi connectivity index (χ1) is 15.3. The minimum absolute atomic E-state index is 0.213. The molecular weight excluding hydrogens is 446 g/mol. The second-order valence-corrected chi connectivity index (χ2v) is 9.02. The first kappa shape index (κ1) is 22.0. The van der Waals surface area contributed by atoms with Crippen LogP contribution in [0.1, 0.15) is 22.3 Å². The zero-order valence-electron chi connectivity index (χ0n) is 17.7. The van der Waals surface area contributed by atoms with Crippen molar-refractivity contribution in [3.05, 3.63) is 102 Å². The van der Waals surface area contributed by atoms with Gasteiger partial charge in [0.25, 0.3) is 5.56 Å². The number of carbonyl (C=O) groups is 1. The minimum Gasteiger partial charge on any atom is -0.350 e. The number of amides is 1. The molecule has 0 radical (unpaired) electrons. The van der Waals surface area contributed by atoms with E-state index in [1.54, 1.807) is 22.1 Å². The Morgan fingerprint density at radius 1 is 1.03 bits per heavy atom. The molecule has 0 aliphatic carbocycles. The molecule has 0 saturated carbocycles. The molecule has 1 amide bonds. The predicted octanol–water partition coefficient (Wildman–Crippen LogP) is 3.86. The lowest BCUT2D eigenvalue weighted by molar-refractivity contribution is -0.121. The van der Waals surface area contributed by atoms with Gasteiger partial charge in [0.15, 0.2) is 0 Å². The molecule has 0 aliphatic rings. The average molecular weight is 468 g/mol. The van der Waals surface area contributed by atoms with Gasteiger partial charge in [0.2, 0.25) is 5.91 Å². The van der Waals surface area contributed by atoms with Crippen molar-refractivity contribution in [1.82, 2.24) is 14.5 Å². The highest BCUT2D eigenvalue weighted by molar-refractivity contribution is 7.17. The van der Waals surface area contributed by atoms with Crippen LogP contribution in [0, 0.1) is 13.8 Å². The van der Waals surface area contributed by atoms with E-state index in [1.165, 1.54) is 11.3 Å². The molecular formula is C24H22ClN3O3S. The summed E-state index contributed by atoms with van der Waals surface area (Å²) in [6.07, 6.45) is 0. The van der Waals surface area contributed by atoms with Crippen molar-refractivity contribution in [2.24, 2.45) is 0 Å². The maximum absolute atomic E-state index is 13.3. The molecule has 6 nitrogen and oxygen atoms in total. The molecule has 2 aromatic carbocycles. The molecule has 0 aliphatic heterocycles. The van der Waals surface area contributed by atoms with Crippen molar-refractivity contribution in [1.29, 1.82) is 0 Å². The number of nitrogens with one attached hydrogen (secondary N) is 1. The van der Waals surface area contributed by atoms with E-state index >= 15 is 0 Å². The van der Waals surface area contributed by atoms with Crippen molar-refractivity contribution in [2.45, 2.75) is 33.5 Å². The van der Waals surface area contributed by atoms with Crippen LogP contribution in [0.25, 0.3) is 10.2 Å². The third kappa shape index (κ3) is 4.40. The lowest BCUT2D eigenvalue weighted by Crippen LogP contribution is -2.43. The van der Waals surface area contributed by atoms with E-state index in [0.29, 0.717) is 21.8 Å². The van der Waals surface area contributed by atoms with Gasteiger partial charge in [-0.1, -0.05) is 53.6 Å². The SMILES string of the molecule is Cc1ccc(C)c(Cn2c(=O)n(CC(=O)NCc3ccccc3Cl)c(=O)c3sccc32)c1. The van der Waals surface area contributed by atoms with Gasteiger partial charge in [0.1, 0.15) is 11.2 Å². The molecule has 32 heavy (non-hydrogen) atoms. The van der Waals surface area contributed by atoms with Crippen LogP contribution in [0.3, 0.4) is 0 Å². The van der Waals surface area contributed by atoms with Gasteiger partial charge in [-0.15, -0.1) is 11.3 Å². The Balaban J connectivity index is 1.67. The summed E-state index contributed by atoms with van der Waals surface area (Å²) in [5.41, 5.74) is 3.52. The van der Waals surface area contributed by atoms with Crippen LogP contribution in [0.5, 0.6) is 0 Å². The van der Waals surface area contributed by atoms with Crippen LogP contribution in [-0.2, 0) is 24.4 Å². The van der Waals surface area contributed by atoms with Crippen molar-refractivity contribution in [3.63, 3.8) is 0 Å². The van der Waals surface area contributed by atoms with Crippen LogP contribution in [0.4, 0.5) is 0 Å². The van der Waals surface area contributed by atoms with Gasteiger partial charge in [-0.05, 0) is 48.1 Å². The number of carbonyl (C=O) groups excluding carboxylic acids is 1. The van der Waals surface area contributed by atoms with Gasteiger partial charge >= 0.3 is 5.69 Å². The number of rotatable bonds is 6. The number of halogens is 1. The summed E-state index contributed by atoms with van der Waals surface area (Å²) >= 11 is 7.40. The van der Waals surface area contributed by atoms with Gasteiger partial charge in [-0.25, -0.2) is 9.36 Å². The fourth-order valence-electron chi connectivity index (χ4n) is 3.60. The molecule has 2 heterocycles. The van der Waals surface area contributed by atoms with Crippen molar-refractivity contribution >= 4 is 39.1 Å². The largest absolute Gasteiger partial charge is 0.350 e. The summed E-state index contributed by atoms with van der Waals surface area (Å²) in [6.45, 7) is 4.16. The van der Waals surface area contributed by atoms with Crippen molar-refractivity contribution < 1.29 is 4.79 Å². The Morgan fingerprint density at radius 3 is 2.59 bits per heavy atom. The van der Waals surface area contributed by atoms with E-state index in [-0.39, 0.29) is 13.1 Å². The minimum atomic E-state index is -0.505. The first-order valence-electron chi connectivity index (χ1n) is 10.1. The van der Waals surface area contributed by atoms with Gasteiger partial charge in [0, 0.05) is 11.6 Å². The summed E-state index contributed by atoms with van der Waals surface area (Å²) in [4.78, 5) is 38.8. The maximum Gasteiger partial charge on any atom is 0.332 e. The molecule has 4 rings (SSSR count). The number of benzene rings is 2. The number of thiophene rings is 1. The summed E-state index contributed by atoms with van der Waals surface area (Å²) in [5, 5.41) is 5.07. The predicted molar refractivity (Wildman–Crippen MR) is 129 cm³/mol. The smallest absolute Gasteiger partial charge is 0.332 e. The second-order valence-electron chi connectivity index (χ2n) is 7.69. The summed E-state index contributed by atoms with van der Waals surface area (Å²) in [7, 11) is 0. The zero-order chi connectivity index (χ0) is 22.8. The molecule has 0 bridgehead atoms. The lowest BCUT2D eigenvalue weighted by atomic mass is 10.1. The molecule has 0 spiro atoms. The molecule has 164 valence electrons. The number of hydrogen-bond acceptors (Lipinski definition) is 4. The highest BCUT2D eigenvalue weighted by Crippen LogP contribution is 2.18. The number of aryl methyl sites for hydroxylation is 2. The third-order valence-corrected chi connectivity index (χ3v) is 6.67. The van der Waals surface area contributed by atoms with E-state index in [9.17, 15) is 14.4 Å². The summed E-state index contributed by atoms with van der Waals surface area (Å²) in [6, 6.07) is 15.0. The second kappa shape index (κ2) is 9.14. The fraction of sp³-hybridized carbons (Fsp3) is 0.208. The number of fused-ring (bicyclic) bond motifs is 1. The van der Waals surface area contributed by atoms with Gasteiger partial charge < -0.3 is 5.32 Å². The number of nitrogens with zero attached hydrogens (tertiary/aromatic N) is 2. The van der Waals surface area contributed by atoms with Crippen molar-refractivity contribution in [2.75, 3.05) is 0 Å². The maximum atomic E-state index is 13.3. The van der Waals surface area contributed by atoms with Crippen molar-refractivity contribution in [3.8, 4) is 0 Å². The van der Waals surface area contributed by atoms with Gasteiger partial charge in [-0.2, -0.15) is 0 Å². The normalized spacial score (nSPS) is 11.1. The Hall–Kier alpha value is -3.16. The Kier molecular flexibility index (Phi) is 6.30. The van der Waals surface area contributed by atoms with Gasteiger partial charge in [-0.3, -0.25) is 14.2 Å². The van der Waals surface area contributed by atoms with E-state index in [0.717, 1.165) is 26.8 Å². The average Bonchev–Trinajstić information content (AvgIpc) is 3.26. The summed E-state index contributed by atoms with van der Waals surface area (Å²) < 4.78 is 3.02. The van der Waals surface area contributed by atoms with E-state index < -0.39 is 17.2 Å². The van der Waals surface area contributed by atoms with Crippen LogP contribution in [0.15, 0.2) is 63.5 Å². The first-order valence-corrected chi connectivity index (χ1v) is 11.4. The molecule has 0 unspecified atom stereocenters. The number of hydrogen-bond donors (Lipinski definition) is 1. The highest BCUT2D eigenvalue weighted by atomic mass is 35.5. The van der Waals surface area contributed by atoms with Gasteiger partial charge in [0.05, 0.1) is 12.1 Å². The van der Waals surface area contributed by atoms with E-state index in [4.69, 9.17) is 11.6 Å². The topological polar surface area (TPSA) is 73.1 Å². The molecule has 0 atom stereocenters. The molecule has 1 N–H and O–H groups in total. The Labute approximate surface area is 193 Å². The lowest BCUT2D eigenvalue weighted by Gasteiger charge is -2.14. The van der Waals surface area contributed by atoms with Crippen LogP contribution in [-0.4, -0.2) is 15.0 Å². The zero-order valence-corrected chi connectivity index (χ0v) is 19.3. The molecule has 4 aromatic rings. The quantitative estimate of drug-likeness (QED) is 0.468. The summed E-state index contributed by atoms with van der Waals surface area (Å²) in [5.74, 6) is -0.432. The monoisotopic (exact) mass is 467 g/mol. The highest BCUT2D eigenvalue weighted by Gasteiger charge is 2.17. The fourth-order valence-corrected chi connectivity index (χ4v) is 4.65. The molecule has 8 heteroatoms. The Morgan fingerprint density at radius 2 is 1.81 bits per heavy atom. The van der Waals surface area contributed by atoms with E-state index in [2.05, 4.69) is 5.32 Å². The van der Waals surface area contributed by atoms with Crippen LogP contribution >= 0.6 is 22.9 Å². The standard InChI is InChI=1S/C24H22ClN3O3S/c1-15-7-8-16(2)18(11-15)13-27-20-9-10-32-22(20)23(30)28(24(27)31)14-21(29)26-12-17-5-3-4-6-19(17)25/h3-11H,12-14H2,1-2H3,(H,26,29). The third-order valence-electron chi connectivity index (χ3n) is 5.41.